The van der Waals surface area contributed by atoms with Crippen molar-refractivity contribution in [2.24, 2.45) is 11.8 Å². The van der Waals surface area contributed by atoms with Crippen molar-refractivity contribution >= 4 is 5.91 Å². The number of carbonyl (C=O) groups is 1. The van der Waals surface area contributed by atoms with Crippen molar-refractivity contribution in [1.29, 1.82) is 0 Å². The number of hydrogen-bond donors (Lipinski definition) is 1. The monoisotopic (exact) mass is 353 g/mol. The number of likely N-dealkylation sites (tertiary alicyclic amines) is 2. The molecule has 26 heavy (non-hydrogen) atoms. The topological polar surface area (TPSA) is 65.1 Å². The molecule has 6 heteroatoms. The molecule has 1 atom stereocenters. The second kappa shape index (κ2) is 7.58. The van der Waals surface area contributed by atoms with Crippen molar-refractivity contribution < 1.29 is 4.79 Å². The van der Waals surface area contributed by atoms with Crippen LogP contribution in [0.5, 0.6) is 0 Å². The first kappa shape index (κ1) is 17.2. The maximum Gasteiger partial charge on any atom is 0.289 e. The molecule has 2 saturated heterocycles. The minimum absolute atomic E-state index is 0.0506. The molecule has 4 rings (SSSR count). The Kier molecular flexibility index (Phi) is 5.02. The maximum absolute atomic E-state index is 12.6. The number of piperidine rings is 1. The minimum Gasteiger partial charge on any atom is -0.338 e. The number of hydrogen-bond acceptors (Lipinski definition) is 4. The number of carbonyl (C=O) groups excluding carboxylic acids is 1. The van der Waals surface area contributed by atoms with Gasteiger partial charge in [-0.05, 0) is 62.7 Å². The summed E-state index contributed by atoms with van der Waals surface area (Å²) >= 11 is 0. The summed E-state index contributed by atoms with van der Waals surface area (Å²) in [6.07, 6.45) is 9.09. The van der Waals surface area contributed by atoms with Gasteiger partial charge in [0, 0.05) is 43.9 Å². The Morgan fingerprint density at radius 1 is 1.19 bits per heavy atom. The molecule has 0 bridgehead atoms. The van der Waals surface area contributed by atoms with Gasteiger partial charge in [0.25, 0.3) is 5.91 Å². The van der Waals surface area contributed by atoms with Crippen LogP contribution in [-0.2, 0) is 6.54 Å². The van der Waals surface area contributed by atoms with Crippen molar-refractivity contribution in [1.82, 2.24) is 24.8 Å². The molecule has 1 unspecified atom stereocenters. The lowest BCUT2D eigenvalue weighted by molar-refractivity contribution is 0.0762. The number of pyridine rings is 1. The summed E-state index contributed by atoms with van der Waals surface area (Å²) < 4.78 is 0. The third-order valence-electron chi connectivity index (χ3n) is 5.85. The van der Waals surface area contributed by atoms with Crippen molar-refractivity contribution in [2.45, 2.75) is 32.7 Å². The lowest BCUT2D eigenvalue weighted by Gasteiger charge is -2.34. The summed E-state index contributed by atoms with van der Waals surface area (Å²) in [5.41, 5.74) is 2.22. The second-order valence-electron chi connectivity index (χ2n) is 7.69. The number of rotatable bonds is 4. The highest BCUT2D eigenvalue weighted by Gasteiger charge is 2.34. The van der Waals surface area contributed by atoms with E-state index in [1.54, 1.807) is 6.20 Å². The fraction of sp³-hybridized carbons (Fsp3) is 0.550. The summed E-state index contributed by atoms with van der Waals surface area (Å²) in [4.78, 5) is 28.5. The number of nitrogens with one attached hydrogen (secondary N) is 1. The van der Waals surface area contributed by atoms with Gasteiger partial charge in [-0.25, -0.2) is 4.98 Å². The van der Waals surface area contributed by atoms with Crippen LogP contribution in [0, 0.1) is 18.8 Å². The predicted molar refractivity (Wildman–Crippen MR) is 99.6 cm³/mol. The SMILES string of the molecule is Cc1cnc(C(=O)N2CCC(C3CCN(Cc4cccnc4)CC3)C2)[nH]1. The zero-order chi connectivity index (χ0) is 17.9. The minimum atomic E-state index is 0.0506. The van der Waals surface area contributed by atoms with Crippen molar-refractivity contribution in [2.75, 3.05) is 26.2 Å². The predicted octanol–water partition coefficient (Wildman–Crippen LogP) is 2.49. The standard InChI is InChI=1S/C20H27N5O/c1-15-11-22-19(23-15)20(26)25-10-6-18(14-25)17-4-8-24(9-5-17)13-16-3-2-7-21-12-16/h2-3,7,11-12,17-18H,4-6,8-10,13-14H2,1H3,(H,22,23). The van der Waals surface area contributed by atoms with Crippen LogP contribution < -0.4 is 0 Å². The number of aromatic amines is 1. The number of nitrogens with zero attached hydrogens (tertiary/aromatic N) is 4. The molecule has 0 spiro atoms. The van der Waals surface area contributed by atoms with E-state index in [9.17, 15) is 4.79 Å². The van der Waals surface area contributed by atoms with E-state index < -0.39 is 0 Å². The second-order valence-corrected chi connectivity index (χ2v) is 7.69. The van der Waals surface area contributed by atoms with E-state index >= 15 is 0 Å². The van der Waals surface area contributed by atoms with Crippen LogP contribution in [0.3, 0.4) is 0 Å². The summed E-state index contributed by atoms with van der Waals surface area (Å²) in [5.74, 6) is 1.90. The zero-order valence-electron chi connectivity index (χ0n) is 15.4. The Morgan fingerprint density at radius 3 is 2.69 bits per heavy atom. The fourth-order valence-corrected chi connectivity index (χ4v) is 4.36. The molecule has 0 radical (unpaired) electrons. The fourth-order valence-electron chi connectivity index (χ4n) is 4.36. The first-order chi connectivity index (χ1) is 12.7. The van der Waals surface area contributed by atoms with E-state index in [0.717, 1.165) is 50.8 Å². The summed E-state index contributed by atoms with van der Waals surface area (Å²) in [6.45, 7) is 6.94. The van der Waals surface area contributed by atoms with E-state index in [0.29, 0.717) is 11.7 Å². The van der Waals surface area contributed by atoms with Crippen molar-refractivity contribution in [3.63, 3.8) is 0 Å². The first-order valence-corrected chi connectivity index (χ1v) is 9.61. The van der Waals surface area contributed by atoms with Crippen LogP contribution in [0.4, 0.5) is 0 Å². The molecule has 1 amide bonds. The molecule has 6 nitrogen and oxygen atoms in total. The molecular formula is C20H27N5O. The Balaban J connectivity index is 1.27. The van der Waals surface area contributed by atoms with Crippen LogP contribution in [0.1, 0.15) is 41.1 Å². The molecule has 2 aliphatic heterocycles. The van der Waals surface area contributed by atoms with Crippen LogP contribution in [0.25, 0.3) is 0 Å². The van der Waals surface area contributed by atoms with Gasteiger partial charge in [-0.15, -0.1) is 0 Å². The number of amides is 1. The van der Waals surface area contributed by atoms with Gasteiger partial charge in [-0.2, -0.15) is 0 Å². The highest BCUT2D eigenvalue weighted by molar-refractivity contribution is 5.90. The molecule has 0 aliphatic carbocycles. The van der Waals surface area contributed by atoms with E-state index in [1.807, 2.05) is 30.3 Å². The Labute approximate surface area is 154 Å². The molecule has 2 aliphatic rings. The third-order valence-corrected chi connectivity index (χ3v) is 5.85. The Morgan fingerprint density at radius 2 is 2.00 bits per heavy atom. The smallest absolute Gasteiger partial charge is 0.289 e. The lowest BCUT2D eigenvalue weighted by Crippen LogP contribution is -2.37. The highest BCUT2D eigenvalue weighted by Crippen LogP contribution is 2.32. The highest BCUT2D eigenvalue weighted by atomic mass is 16.2. The van der Waals surface area contributed by atoms with Gasteiger partial charge < -0.3 is 9.88 Å². The quantitative estimate of drug-likeness (QED) is 0.917. The number of aryl methyl sites for hydroxylation is 1. The average Bonchev–Trinajstić information content (AvgIpc) is 3.32. The van der Waals surface area contributed by atoms with Crippen LogP contribution >= 0.6 is 0 Å². The van der Waals surface area contributed by atoms with Gasteiger partial charge >= 0.3 is 0 Å². The normalized spacial score (nSPS) is 22.0. The molecule has 2 aromatic rings. The van der Waals surface area contributed by atoms with E-state index in [-0.39, 0.29) is 5.91 Å². The van der Waals surface area contributed by atoms with Gasteiger partial charge in [-0.3, -0.25) is 14.7 Å². The largest absolute Gasteiger partial charge is 0.338 e. The van der Waals surface area contributed by atoms with E-state index in [4.69, 9.17) is 0 Å². The molecule has 4 heterocycles. The number of aromatic nitrogens is 3. The van der Waals surface area contributed by atoms with E-state index in [1.165, 1.54) is 18.4 Å². The maximum atomic E-state index is 12.6. The Hall–Kier alpha value is -2.21. The third kappa shape index (κ3) is 3.80. The van der Waals surface area contributed by atoms with Gasteiger partial charge in [0.05, 0.1) is 0 Å². The number of H-pyrrole nitrogens is 1. The molecule has 2 aromatic heterocycles. The molecule has 1 N–H and O–H groups in total. The van der Waals surface area contributed by atoms with Crippen LogP contribution in [0.15, 0.2) is 30.7 Å². The molecule has 0 aromatic carbocycles. The van der Waals surface area contributed by atoms with Gasteiger partial charge in [0.15, 0.2) is 5.82 Å². The van der Waals surface area contributed by atoms with Crippen LogP contribution in [-0.4, -0.2) is 56.8 Å². The summed E-state index contributed by atoms with van der Waals surface area (Å²) in [5, 5.41) is 0. The van der Waals surface area contributed by atoms with Crippen molar-refractivity contribution in [3.05, 3.63) is 47.8 Å². The molecular weight excluding hydrogens is 326 g/mol. The Bertz CT molecular complexity index is 736. The first-order valence-electron chi connectivity index (χ1n) is 9.61. The van der Waals surface area contributed by atoms with E-state index in [2.05, 4.69) is 25.9 Å². The van der Waals surface area contributed by atoms with Crippen LogP contribution in [0.2, 0.25) is 0 Å². The van der Waals surface area contributed by atoms with Gasteiger partial charge in [-0.1, -0.05) is 6.07 Å². The van der Waals surface area contributed by atoms with Gasteiger partial charge in [0.2, 0.25) is 0 Å². The number of imidazole rings is 1. The summed E-state index contributed by atoms with van der Waals surface area (Å²) in [7, 11) is 0. The summed E-state index contributed by atoms with van der Waals surface area (Å²) in [6, 6.07) is 4.16. The lowest BCUT2D eigenvalue weighted by atomic mass is 9.83. The van der Waals surface area contributed by atoms with Gasteiger partial charge in [0.1, 0.15) is 0 Å². The average molecular weight is 353 g/mol. The molecule has 138 valence electrons. The molecule has 2 fully saturated rings. The molecule has 0 saturated carbocycles. The zero-order valence-corrected chi connectivity index (χ0v) is 15.4. The van der Waals surface area contributed by atoms with Crippen molar-refractivity contribution in [3.8, 4) is 0 Å².